The van der Waals surface area contributed by atoms with Gasteiger partial charge >= 0.3 is 0 Å². The molecule has 0 spiro atoms. The summed E-state index contributed by atoms with van der Waals surface area (Å²) in [6.45, 7) is 0. The van der Waals surface area contributed by atoms with E-state index in [4.69, 9.17) is 69.8 Å². The number of hydrogen-bond acceptors (Lipinski definition) is 16. The van der Waals surface area contributed by atoms with Gasteiger partial charge in [-0.25, -0.2) is 69.8 Å². The lowest BCUT2D eigenvalue weighted by molar-refractivity contribution is 1.06. The van der Waals surface area contributed by atoms with Crippen LogP contribution < -0.4 is 0 Å². The highest BCUT2D eigenvalue weighted by atomic mass is 15.1. The van der Waals surface area contributed by atoms with E-state index in [-0.39, 0.29) is 0 Å². The van der Waals surface area contributed by atoms with Crippen LogP contribution in [0.2, 0.25) is 0 Å². The predicted octanol–water partition coefficient (Wildman–Crippen LogP) is 23.7. The number of nitrogens with zero attached hydrogens (tertiary/aromatic N) is 16. The Morgan fingerprint density at radius 2 is 0.333 bits per heavy atom. The molecule has 16 nitrogen and oxygen atoms in total. The topological polar surface area (TPSA) is 206 Å². The summed E-state index contributed by atoms with van der Waals surface area (Å²) < 4.78 is 0. The second kappa shape index (κ2) is 34.1. The maximum absolute atomic E-state index is 5.14. The van der Waals surface area contributed by atoms with Gasteiger partial charge in [0.15, 0.2) is 46.6 Å². The monoisotopic (exact) mass is 1540 g/mol. The van der Waals surface area contributed by atoms with Crippen LogP contribution in [0.15, 0.2) is 413 Å². The van der Waals surface area contributed by atoms with Crippen LogP contribution in [-0.2, 0) is 0 Å². The van der Waals surface area contributed by atoms with E-state index < -0.39 is 0 Å². The third-order valence-corrected chi connectivity index (χ3v) is 20.0. The minimum Gasteiger partial charge on any atom is -0.255 e. The quantitative estimate of drug-likeness (QED) is 0.0783. The third kappa shape index (κ3) is 16.7. The zero-order chi connectivity index (χ0) is 80.2. The number of benzene rings is 10. The molecule has 0 aliphatic carbocycles. The van der Waals surface area contributed by atoms with Crippen molar-refractivity contribution in [3.63, 3.8) is 0 Å². The molecule has 0 unspecified atom stereocenters. The molecule has 10 aromatic heterocycles. The van der Waals surface area contributed by atoms with Crippen molar-refractivity contribution in [2.24, 2.45) is 0 Å². The molecular weight excluding hydrogens is 1470 g/mol. The van der Waals surface area contributed by atoms with E-state index in [9.17, 15) is 0 Å². The van der Waals surface area contributed by atoms with Crippen LogP contribution in [0.4, 0.5) is 0 Å². The van der Waals surface area contributed by atoms with Gasteiger partial charge < -0.3 is 0 Å². The summed E-state index contributed by atoms with van der Waals surface area (Å²) in [4.78, 5) is 79.3. The minimum atomic E-state index is 0.466. The lowest BCUT2D eigenvalue weighted by atomic mass is 9.99. The molecule has 20 rings (SSSR count). The Labute approximate surface area is 692 Å². The molecule has 20 aromatic rings. The van der Waals surface area contributed by atoms with Gasteiger partial charge in [-0.1, -0.05) is 309 Å². The van der Waals surface area contributed by atoms with E-state index in [2.05, 4.69) is 119 Å². The molecule has 0 aliphatic heterocycles. The summed E-state index contributed by atoms with van der Waals surface area (Å²) in [5, 5.41) is 0. The van der Waals surface area contributed by atoms with Gasteiger partial charge in [-0.3, -0.25) is 9.97 Å². The van der Waals surface area contributed by atoms with Crippen LogP contribution in [0.5, 0.6) is 0 Å². The smallest absolute Gasteiger partial charge is 0.182 e. The van der Waals surface area contributed by atoms with Crippen LogP contribution >= 0.6 is 0 Å². The highest BCUT2D eigenvalue weighted by molar-refractivity contribution is 5.83. The maximum Gasteiger partial charge on any atom is 0.182 e. The molecule has 0 N–H and O–H groups in total. The lowest BCUT2D eigenvalue weighted by Crippen LogP contribution is -2.02. The Bertz CT molecular complexity index is 6550. The van der Waals surface area contributed by atoms with E-state index in [1.807, 2.05) is 291 Å². The predicted molar refractivity (Wildman–Crippen MR) is 475 cm³/mol. The lowest BCUT2D eigenvalue weighted by Gasteiger charge is -2.12. The first-order valence-corrected chi connectivity index (χ1v) is 39.2. The molecule has 0 saturated heterocycles. The van der Waals surface area contributed by atoms with Crippen molar-refractivity contribution < 1.29 is 0 Å². The normalized spacial score (nSPS) is 11.0. The Morgan fingerprint density at radius 3 is 0.675 bits per heavy atom. The fourth-order valence-corrected chi connectivity index (χ4v) is 14.0. The molecule has 0 amide bonds. The van der Waals surface area contributed by atoms with E-state index in [1.165, 1.54) is 0 Å². The van der Waals surface area contributed by atoms with Gasteiger partial charge in [0, 0.05) is 68.0 Å². The summed E-state index contributed by atoms with van der Waals surface area (Å²) in [7, 11) is 0. The van der Waals surface area contributed by atoms with Gasteiger partial charge in [0.1, 0.15) is 11.4 Å². The number of hydrogen-bond donors (Lipinski definition) is 0. The van der Waals surface area contributed by atoms with Crippen molar-refractivity contribution in [2.75, 3.05) is 0 Å². The van der Waals surface area contributed by atoms with Crippen LogP contribution in [-0.4, -0.2) is 79.7 Å². The summed E-state index contributed by atoms with van der Waals surface area (Å²) in [6.07, 6.45) is 3.56. The van der Waals surface area contributed by atoms with Crippen molar-refractivity contribution in [3.8, 4) is 204 Å². The molecule has 10 aromatic carbocycles. The fraction of sp³-hybridized carbons (Fsp3) is 0. The average Bonchev–Trinajstić information content (AvgIpc) is 0.786. The average molecular weight is 1540 g/mol. The molecule has 120 heavy (non-hydrogen) atoms. The van der Waals surface area contributed by atoms with Gasteiger partial charge in [-0.2, -0.15) is 0 Å². The summed E-state index contributed by atoms with van der Waals surface area (Å²) in [5.74, 6) is 4.56. The van der Waals surface area contributed by atoms with E-state index in [0.29, 0.717) is 80.8 Å². The van der Waals surface area contributed by atoms with Gasteiger partial charge in [-0.15, -0.1) is 0 Å². The Hall–Kier alpha value is -16.7. The molecule has 0 fully saturated rings. The molecule has 10 heterocycles. The van der Waals surface area contributed by atoms with Crippen molar-refractivity contribution in [1.29, 1.82) is 0 Å². The Morgan fingerprint density at radius 1 is 0.100 bits per heavy atom. The Balaban J connectivity index is 0.000000159. The van der Waals surface area contributed by atoms with Crippen LogP contribution in [0.1, 0.15) is 0 Å². The largest absolute Gasteiger partial charge is 0.255 e. The van der Waals surface area contributed by atoms with Crippen LogP contribution in [0.25, 0.3) is 204 Å². The fourth-order valence-electron chi connectivity index (χ4n) is 14.0. The maximum atomic E-state index is 5.14. The molecular formula is C104H68N16. The number of aromatic nitrogens is 16. The van der Waals surface area contributed by atoms with Crippen molar-refractivity contribution in [2.45, 2.75) is 0 Å². The van der Waals surface area contributed by atoms with E-state index >= 15 is 0 Å². The van der Waals surface area contributed by atoms with Gasteiger partial charge in [0.2, 0.25) is 0 Å². The molecule has 0 saturated carbocycles. The Kier molecular flexibility index (Phi) is 20.9. The van der Waals surface area contributed by atoms with Crippen molar-refractivity contribution >= 4 is 0 Å². The van der Waals surface area contributed by atoms with Crippen molar-refractivity contribution in [1.82, 2.24) is 79.7 Å². The highest BCUT2D eigenvalue weighted by Gasteiger charge is 2.21. The summed E-state index contributed by atoms with van der Waals surface area (Å²) in [5.41, 5.74) is 23.6. The standard InChI is InChI=1S/2C52H34N8/c1-5-17-35(18-6-1)45-34-46(57-49(56-45)36-19-7-2-8-20-36)40-26-15-25-39(31-40)41-32-47(42-27-13-14-30-53-42)55-48(33-41)43-28-16-29-44(54-43)52-59-50(37-21-9-3-10-22-37)58-51(60-52)38-23-11-4-12-24-38;1-5-16-36(17-6-1)45-34-46(57-49(56-45)38-18-7-2-8-19-38)37-29-27-35(28-30-37)41-32-47(42-24-13-14-31-53-42)55-48(33-41)43-25-15-26-44(54-43)52-59-50(39-20-9-3-10-21-39)58-51(60-52)40-22-11-4-12-23-40/h2*1-34H. The second-order valence-electron chi connectivity index (χ2n) is 28.1. The number of rotatable bonds is 18. The zero-order valence-corrected chi connectivity index (χ0v) is 64.4. The molecule has 0 bridgehead atoms. The first-order chi connectivity index (χ1) is 59.4. The van der Waals surface area contributed by atoms with Crippen LogP contribution in [0, 0.1) is 0 Å². The first kappa shape index (κ1) is 73.5. The molecule has 0 radical (unpaired) electrons. The second-order valence-corrected chi connectivity index (χ2v) is 28.1. The first-order valence-electron chi connectivity index (χ1n) is 39.2. The minimum absolute atomic E-state index is 0.466. The van der Waals surface area contributed by atoms with Gasteiger partial charge in [0.25, 0.3) is 0 Å². The van der Waals surface area contributed by atoms with Crippen LogP contribution in [0.3, 0.4) is 0 Å². The van der Waals surface area contributed by atoms with Crippen molar-refractivity contribution in [3.05, 3.63) is 413 Å². The summed E-state index contributed by atoms with van der Waals surface area (Å²) >= 11 is 0. The highest BCUT2D eigenvalue weighted by Crippen LogP contribution is 2.38. The van der Waals surface area contributed by atoms with Gasteiger partial charge in [-0.05, 0) is 113 Å². The molecule has 564 valence electrons. The SMILES string of the molecule is c1ccc(-c2cc(-c3ccc(-c4cc(-c5ccccn5)nc(-c5cccc(-c6nc(-c7ccccc7)nc(-c7ccccc7)n6)n5)c4)cc3)nc(-c3ccccc3)n2)cc1.c1ccc(-c2cc(-c3cccc(-c4cc(-c5ccccn5)nc(-c5cccc(-c6nc(-c7ccccc7)nc(-c7ccccc7)n6)n5)c4)c3)nc(-c3ccccc3)n2)cc1. The summed E-state index contributed by atoms with van der Waals surface area (Å²) in [6, 6.07) is 133. The van der Waals surface area contributed by atoms with Gasteiger partial charge in [0.05, 0.1) is 68.3 Å². The zero-order valence-electron chi connectivity index (χ0n) is 64.4. The third-order valence-electron chi connectivity index (χ3n) is 20.0. The van der Waals surface area contributed by atoms with E-state index in [1.54, 1.807) is 12.4 Å². The van der Waals surface area contributed by atoms with E-state index in [0.717, 1.165) is 123 Å². The molecule has 0 atom stereocenters. The molecule has 0 aliphatic rings. The number of pyridine rings is 6. The molecule has 16 heteroatoms.